The van der Waals surface area contributed by atoms with E-state index < -0.39 is 0 Å². The number of rotatable bonds is 3. The molecule has 1 heterocycles. The van der Waals surface area contributed by atoms with Crippen LogP contribution in [0.5, 0.6) is 5.75 Å². The molecule has 1 saturated carbocycles. The molecular weight excluding hydrogens is 262 g/mol. The third kappa shape index (κ3) is 3.41. The predicted molar refractivity (Wildman–Crippen MR) is 84.7 cm³/mol. The van der Waals surface area contributed by atoms with Crippen LogP contribution in [0.1, 0.15) is 51.2 Å². The highest BCUT2D eigenvalue weighted by Crippen LogP contribution is 2.36. The van der Waals surface area contributed by atoms with Crippen LogP contribution >= 0.6 is 0 Å². The monoisotopic (exact) mass is 289 g/mol. The molecule has 3 heteroatoms. The Labute approximate surface area is 128 Å². The minimum atomic E-state index is 0.170. The van der Waals surface area contributed by atoms with Gasteiger partial charge in [0.25, 0.3) is 0 Å². The molecule has 0 radical (unpaired) electrons. The van der Waals surface area contributed by atoms with Crippen molar-refractivity contribution in [3.63, 3.8) is 0 Å². The minimum Gasteiger partial charge on any atom is -0.494 e. The van der Waals surface area contributed by atoms with Crippen molar-refractivity contribution in [3.8, 4) is 5.75 Å². The van der Waals surface area contributed by atoms with Gasteiger partial charge < -0.3 is 14.8 Å². The van der Waals surface area contributed by atoms with E-state index in [-0.39, 0.29) is 11.6 Å². The summed E-state index contributed by atoms with van der Waals surface area (Å²) in [5.74, 6) is 1.75. The standard InChI is InChI=1S/C18H27NO2/c1-3-20-16-8-6-15(7-9-16)17-12-19-18(13-21-17)10-4-5-14(2)11-18/h6-9,14,17,19H,3-5,10-13H2,1-2H3. The molecule has 1 spiro atoms. The van der Waals surface area contributed by atoms with Crippen LogP contribution in [0.25, 0.3) is 0 Å². The first-order valence-electron chi connectivity index (χ1n) is 8.30. The lowest BCUT2D eigenvalue weighted by molar-refractivity contribution is -0.0527. The number of morpholine rings is 1. The summed E-state index contributed by atoms with van der Waals surface area (Å²) in [6.45, 7) is 6.84. The largest absolute Gasteiger partial charge is 0.494 e. The molecule has 1 saturated heterocycles. The number of hydrogen-bond donors (Lipinski definition) is 1. The van der Waals surface area contributed by atoms with E-state index in [1.165, 1.54) is 31.2 Å². The van der Waals surface area contributed by atoms with E-state index in [0.717, 1.165) is 24.8 Å². The topological polar surface area (TPSA) is 30.5 Å². The second kappa shape index (κ2) is 6.37. The predicted octanol–water partition coefficient (Wildman–Crippen LogP) is 3.70. The summed E-state index contributed by atoms with van der Waals surface area (Å²) in [5, 5.41) is 3.80. The summed E-state index contributed by atoms with van der Waals surface area (Å²) in [4.78, 5) is 0. The highest BCUT2D eigenvalue weighted by Gasteiger charge is 2.39. The third-order valence-electron chi connectivity index (χ3n) is 4.88. The Balaban J connectivity index is 1.60. The maximum atomic E-state index is 6.20. The Morgan fingerprint density at radius 2 is 2.14 bits per heavy atom. The van der Waals surface area contributed by atoms with Gasteiger partial charge in [-0.05, 0) is 43.4 Å². The second-order valence-corrected chi connectivity index (χ2v) is 6.66. The first-order valence-corrected chi connectivity index (χ1v) is 8.30. The molecule has 1 aliphatic carbocycles. The molecule has 3 unspecified atom stereocenters. The zero-order valence-electron chi connectivity index (χ0n) is 13.2. The van der Waals surface area contributed by atoms with Gasteiger partial charge in [0, 0.05) is 12.1 Å². The van der Waals surface area contributed by atoms with Crippen molar-refractivity contribution in [1.29, 1.82) is 0 Å². The van der Waals surface area contributed by atoms with Crippen molar-refractivity contribution < 1.29 is 9.47 Å². The number of ether oxygens (including phenoxy) is 2. The molecule has 1 aromatic carbocycles. The summed E-state index contributed by atoms with van der Waals surface area (Å²) in [6, 6.07) is 8.32. The zero-order chi connectivity index (χ0) is 14.7. The molecular formula is C18H27NO2. The van der Waals surface area contributed by atoms with Gasteiger partial charge in [-0.3, -0.25) is 0 Å². The van der Waals surface area contributed by atoms with Crippen LogP contribution in [-0.2, 0) is 4.74 Å². The molecule has 3 nitrogen and oxygen atoms in total. The minimum absolute atomic E-state index is 0.170. The van der Waals surface area contributed by atoms with Crippen LogP contribution in [0, 0.1) is 5.92 Å². The van der Waals surface area contributed by atoms with Crippen LogP contribution in [0.4, 0.5) is 0 Å². The van der Waals surface area contributed by atoms with Gasteiger partial charge >= 0.3 is 0 Å². The van der Waals surface area contributed by atoms with Crippen LogP contribution < -0.4 is 10.1 Å². The first-order chi connectivity index (χ1) is 10.2. The lowest BCUT2D eigenvalue weighted by Gasteiger charge is -2.45. The van der Waals surface area contributed by atoms with E-state index in [1.54, 1.807) is 0 Å². The Morgan fingerprint density at radius 1 is 1.33 bits per heavy atom. The van der Waals surface area contributed by atoms with Crippen molar-refractivity contribution in [1.82, 2.24) is 5.32 Å². The Hall–Kier alpha value is -1.06. The fraction of sp³-hybridized carbons (Fsp3) is 0.667. The van der Waals surface area contributed by atoms with Gasteiger partial charge in [0.2, 0.25) is 0 Å². The van der Waals surface area contributed by atoms with E-state index in [9.17, 15) is 0 Å². The van der Waals surface area contributed by atoms with Crippen molar-refractivity contribution in [2.24, 2.45) is 5.92 Å². The molecule has 116 valence electrons. The summed E-state index contributed by atoms with van der Waals surface area (Å²) in [7, 11) is 0. The number of benzene rings is 1. The summed E-state index contributed by atoms with van der Waals surface area (Å²) in [5.41, 5.74) is 1.48. The maximum Gasteiger partial charge on any atom is 0.119 e. The van der Waals surface area contributed by atoms with Gasteiger partial charge in [0.1, 0.15) is 5.75 Å². The van der Waals surface area contributed by atoms with Crippen LogP contribution in [0.3, 0.4) is 0 Å². The molecule has 1 aliphatic heterocycles. The number of hydrogen-bond acceptors (Lipinski definition) is 3. The van der Waals surface area contributed by atoms with Gasteiger partial charge in [-0.1, -0.05) is 31.9 Å². The van der Waals surface area contributed by atoms with Crippen LogP contribution in [0.2, 0.25) is 0 Å². The van der Waals surface area contributed by atoms with E-state index in [2.05, 4.69) is 24.4 Å². The van der Waals surface area contributed by atoms with Gasteiger partial charge in [-0.2, -0.15) is 0 Å². The van der Waals surface area contributed by atoms with Crippen molar-refractivity contribution in [2.45, 2.75) is 51.2 Å². The number of nitrogens with one attached hydrogen (secondary N) is 1. The summed E-state index contributed by atoms with van der Waals surface area (Å²) in [6.07, 6.45) is 5.37. The lowest BCUT2D eigenvalue weighted by atomic mass is 9.76. The van der Waals surface area contributed by atoms with Crippen molar-refractivity contribution in [3.05, 3.63) is 29.8 Å². The lowest BCUT2D eigenvalue weighted by Crippen LogP contribution is -2.56. The van der Waals surface area contributed by atoms with Crippen LogP contribution in [0.15, 0.2) is 24.3 Å². The summed E-state index contributed by atoms with van der Waals surface area (Å²) >= 11 is 0. The van der Waals surface area contributed by atoms with Gasteiger partial charge in [-0.15, -0.1) is 0 Å². The second-order valence-electron chi connectivity index (χ2n) is 6.66. The average Bonchev–Trinajstić information content (AvgIpc) is 2.49. The highest BCUT2D eigenvalue weighted by molar-refractivity contribution is 5.29. The van der Waals surface area contributed by atoms with E-state index in [0.29, 0.717) is 6.61 Å². The molecule has 2 aliphatic rings. The summed E-state index contributed by atoms with van der Waals surface area (Å²) < 4.78 is 11.7. The first kappa shape index (κ1) is 14.9. The van der Waals surface area contributed by atoms with E-state index >= 15 is 0 Å². The van der Waals surface area contributed by atoms with E-state index in [4.69, 9.17) is 9.47 Å². The normalized spacial score (nSPS) is 33.0. The molecule has 2 fully saturated rings. The highest BCUT2D eigenvalue weighted by atomic mass is 16.5. The molecule has 21 heavy (non-hydrogen) atoms. The van der Waals surface area contributed by atoms with Gasteiger partial charge in [0.15, 0.2) is 0 Å². The van der Waals surface area contributed by atoms with Gasteiger partial charge in [0.05, 0.1) is 19.3 Å². The molecule has 3 rings (SSSR count). The van der Waals surface area contributed by atoms with Crippen molar-refractivity contribution >= 4 is 0 Å². The fourth-order valence-corrected chi connectivity index (χ4v) is 3.79. The average molecular weight is 289 g/mol. The molecule has 0 bridgehead atoms. The van der Waals surface area contributed by atoms with E-state index in [1.807, 2.05) is 19.1 Å². The zero-order valence-corrected chi connectivity index (χ0v) is 13.2. The molecule has 0 aromatic heterocycles. The molecule has 0 amide bonds. The Kier molecular flexibility index (Phi) is 4.51. The Bertz CT molecular complexity index is 449. The molecule has 1 aromatic rings. The third-order valence-corrected chi connectivity index (χ3v) is 4.88. The smallest absolute Gasteiger partial charge is 0.119 e. The van der Waals surface area contributed by atoms with Gasteiger partial charge in [-0.25, -0.2) is 0 Å². The van der Waals surface area contributed by atoms with Crippen molar-refractivity contribution in [2.75, 3.05) is 19.8 Å². The van der Waals surface area contributed by atoms with Crippen LogP contribution in [-0.4, -0.2) is 25.3 Å². The SMILES string of the molecule is CCOc1ccc(C2CNC3(CCCC(C)C3)CO2)cc1. The Morgan fingerprint density at radius 3 is 2.76 bits per heavy atom. The quantitative estimate of drug-likeness (QED) is 0.920. The maximum absolute atomic E-state index is 6.20. The molecule has 3 atom stereocenters. The fourth-order valence-electron chi connectivity index (χ4n) is 3.79. The molecule has 1 N–H and O–H groups in total.